The number of fused-ring (bicyclic) bond motifs is 1. The van der Waals surface area contributed by atoms with Crippen molar-refractivity contribution in [3.05, 3.63) is 35.7 Å². The molecular formula is C13H17N5O. The van der Waals surface area contributed by atoms with E-state index in [4.69, 9.17) is 4.74 Å². The van der Waals surface area contributed by atoms with Crippen molar-refractivity contribution in [2.45, 2.75) is 18.4 Å². The van der Waals surface area contributed by atoms with Crippen LogP contribution in [0.3, 0.4) is 0 Å². The van der Waals surface area contributed by atoms with Gasteiger partial charge in [0, 0.05) is 23.9 Å². The Labute approximate surface area is 111 Å². The molecule has 1 aliphatic rings. The van der Waals surface area contributed by atoms with Crippen LogP contribution in [0.2, 0.25) is 0 Å². The van der Waals surface area contributed by atoms with Gasteiger partial charge in [0.25, 0.3) is 0 Å². The largest absolute Gasteiger partial charge is 0.493 e. The van der Waals surface area contributed by atoms with Crippen molar-refractivity contribution < 1.29 is 4.74 Å². The zero-order valence-corrected chi connectivity index (χ0v) is 11.1. The van der Waals surface area contributed by atoms with Gasteiger partial charge in [-0.25, -0.2) is 0 Å². The average molecular weight is 259 g/mol. The smallest absolute Gasteiger partial charge is 0.176 e. The number of hydrogen-bond donors (Lipinski definition) is 1. The van der Waals surface area contributed by atoms with E-state index in [1.807, 2.05) is 25.2 Å². The molecule has 0 saturated heterocycles. The molecule has 1 aromatic heterocycles. The first-order chi connectivity index (χ1) is 9.28. The number of tetrazole rings is 1. The molecular weight excluding hydrogens is 242 g/mol. The fraction of sp³-hybridized carbons (Fsp3) is 0.462. The van der Waals surface area contributed by atoms with Crippen LogP contribution in [0.15, 0.2) is 24.3 Å². The van der Waals surface area contributed by atoms with Crippen LogP contribution in [0.1, 0.15) is 17.3 Å². The van der Waals surface area contributed by atoms with E-state index in [-0.39, 0.29) is 6.04 Å². The summed E-state index contributed by atoms with van der Waals surface area (Å²) in [4.78, 5) is 1.49. The third-order valence-corrected chi connectivity index (χ3v) is 3.55. The first-order valence-electron chi connectivity index (χ1n) is 6.40. The number of aryl methyl sites for hydroxylation is 1. The van der Waals surface area contributed by atoms with Crippen molar-refractivity contribution in [2.24, 2.45) is 7.05 Å². The van der Waals surface area contributed by atoms with Crippen molar-refractivity contribution in [3.8, 4) is 5.75 Å². The van der Waals surface area contributed by atoms with Crippen molar-refractivity contribution in [1.82, 2.24) is 25.5 Å². The van der Waals surface area contributed by atoms with Gasteiger partial charge in [0.15, 0.2) is 5.82 Å². The van der Waals surface area contributed by atoms with E-state index < -0.39 is 0 Å². The summed E-state index contributed by atoms with van der Waals surface area (Å²) < 4.78 is 5.74. The third-order valence-electron chi connectivity index (χ3n) is 3.55. The van der Waals surface area contributed by atoms with E-state index in [9.17, 15) is 0 Å². The van der Waals surface area contributed by atoms with Gasteiger partial charge in [-0.1, -0.05) is 18.2 Å². The van der Waals surface area contributed by atoms with Crippen LogP contribution in [0.5, 0.6) is 5.75 Å². The van der Waals surface area contributed by atoms with Crippen LogP contribution in [-0.2, 0) is 13.5 Å². The zero-order chi connectivity index (χ0) is 13.2. The molecule has 2 heterocycles. The van der Waals surface area contributed by atoms with E-state index in [0.29, 0.717) is 12.5 Å². The number of aromatic nitrogens is 4. The number of hydrogen-bond acceptors (Lipinski definition) is 5. The van der Waals surface area contributed by atoms with Gasteiger partial charge in [-0.3, -0.25) is 0 Å². The van der Waals surface area contributed by atoms with Gasteiger partial charge in [-0.15, -0.1) is 10.2 Å². The Morgan fingerprint density at radius 2 is 2.32 bits per heavy atom. The summed E-state index contributed by atoms with van der Waals surface area (Å²) in [5, 5.41) is 15.5. The van der Waals surface area contributed by atoms with Gasteiger partial charge >= 0.3 is 0 Å². The summed E-state index contributed by atoms with van der Waals surface area (Å²) >= 11 is 0. The molecule has 1 aromatic carbocycles. The van der Waals surface area contributed by atoms with Crippen molar-refractivity contribution >= 4 is 0 Å². The van der Waals surface area contributed by atoms with Gasteiger partial charge in [0.05, 0.1) is 13.7 Å². The minimum Gasteiger partial charge on any atom is -0.493 e. The maximum Gasteiger partial charge on any atom is 0.176 e. The van der Waals surface area contributed by atoms with Crippen molar-refractivity contribution in [2.75, 3.05) is 13.7 Å². The normalized spacial score (nSPS) is 18.9. The summed E-state index contributed by atoms with van der Waals surface area (Å²) in [5.74, 6) is 2.07. The van der Waals surface area contributed by atoms with Crippen LogP contribution in [-0.4, -0.2) is 39.9 Å². The molecule has 6 nitrogen and oxygen atoms in total. The molecule has 19 heavy (non-hydrogen) atoms. The highest BCUT2D eigenvalue weighted by atomic mass is 16.5. The van der Waals surface area contributed by atoms with Gasteiger partial charge in [0.1, 0.15) is 5.75 Å². The number of benzene rings is 1. The minimum atomic E-state index is 0.243. The lowest BCUT2D eigenvalue weighted by atomic mass is 9.91. The van der Waals surface area contributed by atoms with E-state index in [1.165, 1.54) is 10.4 Å². The number of nitrogens with zero attached hydrogens (tertiary/aromatic N) is 4. The molecule has 0 spiro atoms. The molecule has 3 rings (SSSR count). The Morgan fingerprint density at radius 3 is 3.05 bits per heavy atom. The summed E-state index contributed by atoms with van der Waals surface area (Å²) in [6.45, 7) is 0.700. The van der Waals surface area contributed by atoms with Crippen LogP contribution < -0.4 is 10.1 Å². The molecule has 0 amide bonds. The molecule has 2 unspecified atom stereocenters. The molecule has 100 valence electrons. The Bertz CT molecular complexity index is 568. The highest BCUT2D eigenvalue weighted by molar-refractivity contribution is 5.40. The van der Waals surface area contributed by atoms with Crippen LogP contribution >= 0.6 is 0 Å². The monoisotopic (exact) mass is 259 g/mol. The standard InChI is InChI=1S/C13H17N5O/c1-14-11(7-13-15-17-18(2)16-13)10-8-19-12-6-4-3-5-9(10)12/h3-6,10-11,14H,7-8H2,1-2H3. The van der Waals surface area contributed by atoms with E-state index >= 15 is 0 Å². The molecule has 1 N–H and O–H groups in total. The van der Waals surface area contributed by atoms with Gasteiger partial charge in [-0.05, 0) is 18.3 Å². The molecule has 0 radical (unpaired) electrons. The predicted molar refractivity (Wildman–Crippen MR) is 70.0 cm³/mol. The lowest BCUT2D eigenvalue weighted by molar-refractivity contribution is 0.300. The molecule has 0 aliphatic carbocycles. The molecule has 0 fully saturated rings. The second kappa shape index (κ2) is 4.97. The summed E-state index contributed by atoms with van der Waals surface area (Å²) in [6, 6.07) is 8.44. The third kappa shape index (κ3) is 2.31. The fourth-order valence-electron chi connectivity index (χ4n) is 2.57. The maximum atomic E-state index is 5.74. The Balaban J connectivity index is 1.80. The number of ether oxygens (including phenoxy) is 1. The predicted octanol–water partition coefficient (Wildman–Crippen LogP) is 0.517. The zero-order valence-electron chi connectivity index (χ0n) is 11.1. The average Bonchev–Trinajstić information content (AvgIpc) is 3.02. The molecule has 6 heteroatoms. The van der Waals surface area contributed by atoms with E-state index in [0.717, 1.165) is 18.0 Å². The lowest BCUT2D eigenvalue weighted by Crippen LogP contribution is -2.35. The lowest BCUT2D eigenvalue weighted by Gasteiger charge is -2.20. The number of nitrogens with one attached hydrogen (secondary N) is 1. The fourth-order valence-corrected chi connectivity index (χ4v) is 2.57. The highest BCUT2D eigenvalue weighted by Crippen LogP contribution is 2.36. The van der Waals surface area contributed by atoms with Gasteiger partial charge in [0.2, 0.25) is 0 Å². The van der Waals surface area contributed by atoms with Crippen LogP contribution in [0.4, 0.5) is 0 Å². The quantitative estimate of drug-likeness (QED) is 0.867. The topological polar surface area (TPSA) is 64.9 Å². The Hall–Kier alpha value is -1.95. The summed E-state index contributed by atoms with van der Waals surface area (Å²) in [6.07, 6.45) is 0.743. The van der Waals surface area contributed by atoms with Gasteiger partial charge < -0.3 is 10.1 Å². The molecule has 2 aromatic rings. The van der Waals surface area contributed by atoms with Crippen LogP contribution in [0.25, 0.3) is 0 Å². The van der Waals surface area contributed by atoms with Crippen LogP contribution in [0, 0.1) is 0 Å². The minimum absolute atomic E-state index is 0.243. The molecule has 0 saturated carbocycles. The van der Waals surface area contributed by atoms with Crippen molar-refractivity contribution in [3.63, 3.8) is 0 Å². The second-order valence-corrected chi connectivity index (χ2v) is 4.75. The van der Waals surface area contributed by atoms with Gasteiger partial charge in [-0.2, -0.15) is 4.80 Å². The number of likely N-dealkylation sites (N-methyl/N-ethyl adjacent to an activating group) is 1. The second-order valence-electron chi connectivity index (χ2n) is 4.75. The summed E-state index contributed by atoms with van der Waals surface area (Å²) in [5.41, 5.74) is 1.26. The first kappa shape index (κ1) is 12.1. The SMILES string of the molecule is CNC(Cc1nnn(C)n1)C1COc2ccccc21. The van der Waals surface area contributed by atoms with Crippen molar-refractivity contribution in [1.29, 1.82) is 0 Å². The maximum absolute atomic E-state index is 5.74. The van der Waals surface area contributed by atoms with E-state index in [2.05, 4.69) is 26.8 Å². The molecule has 0 bridgehead atoms. The molecule has 1 aliphatic heterocycles. The Kier molecular flexibility index (Phi) is 3.16. The first-order valence-corrected chi connectivity index (χ1v) is 6.40. The van der Waals surface area contributed by atoms with E-state index in [1.54, 1.807) is 7.05 Å². The number of para-hydroxylation sites is 1. The number of rotatable bonds is 4. The Morgan fingerprint density at radius 1 is 1.47 bits per heavy atom. The molecule has 2 atom stereocenters. The summed E-state index contributed by atoms with van der Waals surface area (Å²) in [7, 11) is 3.74. The highest BCUT2D eigenvalue weighted by Gasteiger charge is 2.31.